The van der Waals surface area contributed by atoms with Crippen molar-refractivity contribution in [2.75, 3.05) is 0 Å². The number of nitro groups is 1. The zero-order chi connectivity index (χ0) is 13.9. The van der Waals surface area contributed by atoms with E-state index in [4.69, 9.17) is 0 Å². The van der Waals surface area contributed by atoms with Crippen LogP contribution in [0.4, 0.5) is 5.69 Å². The SMILES string of the molecule is O=[N+]([O-])c1ccccc1C[n+]1ccc2ccccc2c1. The third-order valence-electron chi connectivity index (χ3n) is 3.29. The molecule has 4 nitrogen and oxygen atoms in total. The second-order valence-corrected chi connectivity index (χ2v) is 4.63. The number of nitro benzene ring substituents is 1. The standard InChI is InChI=1S/C16H13N2O2/c19-18(20)16-8-4-3-7-15(16)12-17-10-9-13-5-1-2-6-14(13)11-17/h1-11H,12H2/q+1. The van der Waals surface area contributed by atoms with Crippen molar-refractivity contribution >= 4 is 16.5 Å². The summed E-state index contributed by atoms with van der Waals surface area (Å²) in [6.45, 7) is 0.488. The van der Waals surface area contributed by atoms with Gasteiger partial charge >= 0.3 is 0 Å². The lowest BCUT2D eigenvalue weighted by Gasteiger charge is -2.01. The van der Waals surface area contributed by atoms with Gasteiger partial charge in [-0.3, -0.25) is 10.1 Å². The summed E-state index contributed by atoms with van der Waals surface area (Å²) in [6, 6.07) is 16.9. The van der Waals surface area contributed by atoms with Gasteiger partial charge in [-0.2, -0.15) is 4.57 Å². The van der Waals surface area contributed by atoms with Crippen LogP contribution in [0.3, 0.4) is 0 Å². The number of nitrogens with zero attached hydrogens (tertiary/aromatic N) is 2. The van der Waals surface area contributed by atoms with Crippen molar-refractivity contribution in [2.45, 2.75) is 6.54 Å². The normalized spacial score (nSPS) is 10.6. The number of pyridine rings is 1. The van der Waals surface area contributed by atoms with Gasteiger partial charge in [-0.25, -0.2) is 0 Å². The molecule has 0 aliphatic heterocycles. The molecule has 2 aromatic carbocycles. The minimum absolute atomic E-state index is 0.160. The molecule has 0 amide bonds. The summed E-state index contributed by atoms with van der Waals surface area (Å²) in [7, 11) is 0. The summed E-state index contributed by atoms with van der Waals surface area (Å²) in [4.78, 5) is 10.7. The summed E-state index contributed by atoms with van der Waals surface area (Å²) in [5.41, 5.74) is 0.867. The van der Waals surface area contributed by atoms with E-state index in [1.807, 2.05) is 53.4 Å². The summed E-state index contributed by atoms with van der Waals surface area (Å²) in [6.07, 6.45) is 3.95. The minimum Gasteiger partial charge on any atom is -0.258 e. The number of fused-ring (bicyclic) bond motifs is 1. The van der Waals surface area contributed by atoms with Gasteiger partial charge in [-0.15, -0.1) is 0 Å². The highest BCUT2D eigenvalue weighted by Gasteiger charge is 2.16. The molecule has 3 rings (SSSR count). The second kappa shape index (κ2) is 5.09. The van der Waals surface area contributed by atoms with Crippen molar-refractivity contribution in [1.82, 2.24) is 0 Å². The van der Waals surface area contributed by atoms with Crippen LogP contribution in [0.1, 0.15) is 5.56 Å². The number of aromatic nitrogens is 1. The average molecular weight is 265 g/mol. The number of benzene rings is 2. The molecule has 0 bridgehead atoms. The summed E-state index contributed by atoms with van der Waals surface area (Å²) in [5, 5.41) is 13.3. The average Bonchev–Trinajstić information content (AvgIpc) is 2.47. The Bertz CT molecular complexity index is 784. The van der Waals surface area contributed by atoms with Crippen molar-refractivity contribution in [3.05, 3.63) is 82.7 Å². The molecule has 0 N–H and O–H groups in total. The molecule has 0 spiro atoms. The molecule has 4 heteroatoms. The highest BCUT2D eigenvalue weighted by molar-refractivity contribution is 5.80. The van der Waals surface area contributed by atoms with E-state index in [0.29, 0.717) is 12.1 Å². The van der Waals surface area contributed by atoms with E-state index in [2.05, 4.69) is 0 Å². The highest BCUT2D eigenvalue weighted by atomic mass is 16.6. The molecule has 20 heavy (non-hydrogen) atoms. The second-order valence-electron chi connectivity index (χ2n) is 4.63. The molecule has 1 aromatic heterocycles. The lowest BCUT2D eigenvalue weighted by atomic mass is 10.1. The maximum Gasteiger partial charge on any atom is 0.278 e. The highest BCUT2D eigenvalue weighted by Crippen LogP contribution is 2.17. The fourth-order valence-electron chi connectivity index (χ4n) is 2.30. The molecule has 3 aromatic rings. The Morgan fingerprint density at radius 3 is 2.45 bits per heavy atom. The number of hydrogen-bond acceptors (Lipinski definition) is 2. The van der Waals surface area contributed by atoms with Crippen molar-refractivity contribution in [3.63, 3.8) is 0 Å². The summed E-state index contributed by atoms with van der Waals surface area (Å²) < 4.78 is 1.96. The van der Waals surface area contributed by atoms with Gasteiger partial charge in [-0.05, 0) is 17.5 Å². The molecule has 0 unspecified atom stereocenters. The Kier molecular flexibility index (Phi) is 3.13. The van der Waals surface area contributed by atoms with E-state index in [1.165, 1.54) is 6.07 Å². The van der Waals surface area contributed by atoms with E-state index < -0.39 is 0 Å². The van der Waals surface area contributed by atoms with Gasteiger partial charge < -0.3 is 0 Å². The minimum atomic E-state index is -0.336. The monoisotopic (exact) mass is 265 g/mol. The fraction of sp³-hybridized carbons (Fsp3) is 0.0625. The van der Waals surface area contributed by atoms with Gasteiger partial charge in [0.25, 0.3) is 5.69 Å². The molecule has 0 aliphatic carbocycles. The first kappa shape index (κ1) is 12.3. The van der Waals surface area contributed by atoms with Crippen LogP contribution in [0, 0.1) is 10.1 Å². The topological polar surface area (TPSA) is 47.0 Å². The largest absolute Gasteiger partial charge is 0.278 e. The van der Waals surface area contributed by atoms with Crippen LogP contribution in [-0.4, -0.2) is 4.92 Å². The predicted octanol–water partition coefficient (Wildman–Crippen LogP) is 3.08. The molecule has 0 radical (unpaired) electrons. The first-order valence-electron chi connectivity index (χ1n) is 6.34. The van der Waals surface area contributed by atoms with E-state index in [9.17, 15) is 10.1 Å². The molecule has 0 fully saturated rings. The van der Waals surface area contributed by atoms with Crippen LogP contribution < -0.4 is 4.57 Å². The van der Waals surface area contributed by atoms with Gasteiger partial charge in [0.2, 0.25) is 0 Å². The summed E-state index contributed by atoms with van der Waals surface area (Å²) in [5.74, 6) is 0. The molecule has 0 atom stereocenters. The first-order valence-corrected chi connectivity index (χ1v) is 6.34. The van der Waals surface area contributed by atoms with Crippen molar-refractivity contribution in [2.24, 2.45) is 0 Å². The third-order valence-corrected chi connectivity index (χ3v) is 3.29. The Labute approximate surface area is 116 Å². The van der Waals surface area contributed by atoms with Crippen molar-refractivity contribution in [3.8, 4) is 0 Å². The van der Waals surface area contributed by atoms with Gasteiger partial charge in [0.15, 0.2) is 18.9 Å². The van der Waals surface area contributed by atoms with Gasteiger partial charge in [-0.1, -0.05) is 30.3 Å². The summed E-state index contributed by atoms with van der Waals surface area (Å²) >= 11 is 0. The molecular formula is C16H13N2O2+. The van der Waals surface area contributed by atoms with Crippen LogP contribution >= 0.6 is 0 Å². The van der Waals surface area contributed by atoms with Crippen molar-refractivity contribution in [1.29, 1.82) is 0 Å². The zero-order valence-corrected chi connectivity index (χ0v) is 10.8. The predicted molar refractivity (Wildman–Crippen MR) is 76.3 cm³/mol. The van der Waals surface area contributed by atoms with Crippen LogP contribution in [0.5, 0.6) is 0 Å². The molecule has 0 saturated carbocycles. The molecule has 0 aliphatic rings. The molecule has 0 saturated heterocycles. The molecular weight excluding hydrogens is 252 g/mol. The smallest absolute Gasteiger partial charge is 0.258 e. The Balaban J connectivity index is 1.99. The van der Waals surface area contributed by atoms with Crippen molar-refractivity contribution < 1.29 is 9.49 Å². The van der Waals surface area contributed by atoms with Gasteiger partial charge in [0.1, 0.15) is 0 Å². The molecule has 98 valence electrons. The van der Waals surface area contributed by atoms with Gasteiger partial charge in [0.05, 0.1) is 10.5 Å². The van der Waals surface area contributed by atoms with E-state index in [1.54, 1.807) is 12.1 Å². The lowest BCUT2D eigenvalue weighted by molar-refractivity contribution is -0.687. The first-order chi connectivity index (χ1) is 9.74. The van der Waals surface area contributed by atoms with Crippen LogP contribution in [0.15, 0.2) is 67.0 Å². The third kappa shape index (κ3) is 2.36. The van der Waals surface area contributed by atoms with Crippen LogP contribution in [-0.2, 0) is 6.54 Å². The van der Waals surface area contributed by atoms with E-state index >= 15 is 0 Å². The maximum atomic E-state index is 11.0. The number of hydrogen-bond donors (Lipinski definition) is 0. The Morgan fingerprint density at radius 1 is 0.950 bits per heavy atom. The maximum absolute atomic E-state index is 11.0. The lowest BCUT2D eigenvalue weighted by Crippen LogP contribution is -2.33. The van der Waals surface area contributed by atoms with Crippen LogP contribution in [0.2, 0.25) is 0 Å². The zero-order valence-electron chi connectivity index (χ0n) is 10.8. The van der Waals surface area contributed by atoms with E-state index in [-0.39, 0.29) is 10.6 Å². The van der Waals surface area contributed by atoms with E-state index in [0.717, 1.165) is 10.8 Å². The molecule has 1 heterocycles. The Morgan fingerprint density at radius 2 is 1.65 bits per heavy atom. The number of rotatable bonds is 3. The Hall–Kier alpha value is -2.75. The van der Waals surface area contributed by atoms with Crippen LogP contribution in [0.25, 0.3) is 10.8 Å². The quantitative estimate of drug-likeness (QED) is 0.415. The number of para-hydroxylation sites is 1. The fourth-order valence-corrected chi connectivity index (χ4v) is 2.30. The van der Waals surface area contributed by atoms with Gasteiger partial charge in [0, 0.05) is 17.5 Å².